The molecule has 3 rings (SSSR count). The van der Waals surface area contributed by atoms with Crippen molar-refractivity contribution in [1.82, 2.24) is 20.1 Å². The van der Waals surface area contributed by atoms with E-state index in [9.17, 15) is 22.8 Å². The molecule has 0 aliphatic rings. The molecule has 1 aromatic heterocycles. The van der Waals surface area contributed by atoms with Crippen LogP contribution in [0.5, 0.6) is 0 Å². The fraction of sp³-hybridized carbons (Fsp3) is 0.333. The summed E-state index contributed by atoms with van der Waals surface area (Å²) in [6, 6.07) is 6.72. The first kappa shape index (κ1) is 30.1. The van der Waals surface area contributed by atoms with E-state index in [2.05, 4.69) is 20.8 Å². The van der Waals surface area contributed by atoms with Gasteiger partial charge in [0.25, 0.3) is 5.91 Å². The summed E-state index contributed by atoms with van der Waals surface area (Å²) in [5.41, 5.74) is -0.820. The van der Waals surface area contributed by atoms with Gasteiger partial charge in [0, 0.05) is 11.6 Å². The van der Waals surface area contributed by atoms with Gasteiger partial charge in [-0.15, -0.1) is 10.2 Å². The fourth-order valence-corrected chi connectivity index (χ4v) is 4.94. The third-order valence-electron chi connectivity index (χ3n) is 5.37. The third-order valence-corrected chi connectivity index (χ3v) is 7.21. The summed E-state index contributed by atoms with van der Waals surface area (Å²) in [5, 5.41) is 14.7. The molecule has 1 atom stereocenters. The molecular weight excluding hydrogens is 586 g/mol. The number of amides is 2. The van der Waals surface area contributed by atoms with Crippen LogP contribution in [-0.2, 0) is 17.5 Å². The first-order chi connectivity index (χ1) is 17.8. The maximum atomic E-state index is 13.0. The van der Waals surface area contributed by atoms with E-state index < -0.39 is 29.6 Å². The number of carbonyl (C=O) groups is 2. The monoisotopic (exact) mass is 607 g/mol. The Morgan fingerprint density at radius 3 is 2.37 bits per heavy atom. The third kappa shape index (κ3) is 7.34. The lowest BCUT2D eigenvalue weighted by atomic mass is 10.0. The molecule has 0 unspecified atom stereocenters. The van der Waals surface area contributed by atoms with Gasteiger partial charge in [-0.05, 0) is 49.2 Å². The van der Waals surface area contributed by atoms with Gasteiger partial charge < -0.3 is 15.2 Å². The maximum absolute atomic E-state index is 13.0. The van der Waals surface area contributed by atoms with Gasteiger partial charge in [-0.25, -0.2) is 0 Å². The maximum Gasteiger partial charge on any atom is 0.416 e. The number of nitrogens with one attached hydrogen (secondary N) is 2. The Bertz CT molecular complexity index is 1330. The summed E-state index contributed by atoms with van der Waals surface area (Å²) in [4.78, 5) is 25.4. The van der Waals surface area contributed by atoms with Crippen LogP contribution in [0.2, 0.25) is 15.1 Å². The Kier molecular flexibility index (Phi) is 9.96. The van der Waals surface area contributed by atoms with Crippen LogP contribution in [0.3, 0.4) is 0 Å². The van der Waals surface area contributed by atoms with Crippen LogP contribution in [0.25, 0.3) is 0 Å². The van der Waals surface area contributed by atoms with Gasteiger partial charge in [-0.1, -0.05) is 60.4 Å². The number of rotatable bonds is 9. The standard InChI is InChI=1S/C24H23Cl3F3N5O2S/c1-4-35-21(20(12(2)3)32-22(37)15-7-6-14(25)10-17(15)27)33-34-23(35)38-11-19(36)31-18-9-13(24(28,29)30)5-8-16(18)26/h5-10,12,20H,4,11H2,1-3H3,(H,31,36)(H,32,37)/t20-/m1/s1. The van der Waals surface area contributed by atoms with Gasteiger partial charge in [-0.3, -0.25) is 9.59 Å². The van der Waals surface area contributed by atoms with Crippen LogP contribution in [-0.4, -0.2) is 32.3 Å². The normalized spacial score (nSPS) is 12.5. The second-order valence-corrected chi connectivity index (χ2v) is 10.6. The highest BCUT2D eigenvalue weighted by atomic mass is 35.5. The Morgan fingerprint density at radius 2 is 1.76 bits per heavy atom. The molecule has 0 aliphatic carbocycles. The van der Waals surface area contributed by atoms with Crippen LogP contribution in [0.1, 0.15) is 48.6 Å². The van der Waals surface area contributed by atoms with Crippen LogP contribution in [0.4, 0.5) is 18.9 Å². The molecule has 0 spiro atoms. The van der Waals surface area contributed by atoms with E-state index in [-0.39, 0.29) is 33.0 Å². The predicted octanol–water partition coefficient (Wildman–Crippen LogP) is 7.13. The second kappa shape index (κ2) is 12.6. The SMILES string of the molecule is CCn1c(SCC(=O)Nc2cc(C(F)(F)F)ccc2Cl)nnc1[C@H](NC(=O)c1ccc(Cl)cc1Cl)C(C)C. The first-order valence-corrected chi connectivity index (χ1v) is 13.4. The van der Waals surface area contributed by atoms with Crippen molar-refractivity contribution in [1.29, 1.82) is 0 Å². The van der Waals surface area contributed by atoms with E-state index in [1.54, 1.807) is 10.6 Å². The number of hydrogen-bond acceptors (Lipinski definition) is 5. The second-order valence-electron chi connectivity index (χ2n) is 8.43. The summed E-state index contributed by atoms with van der Waals surface area (Å²) in [7, 11) is 0. The van der Waals surface area contributed by atoms with E-state index in [0.29, 0.717) is 22.5 Å². The zero-order chi connectivity index (χ0) is 28.2. The van der Waals surface area contributed by atoms with Gasteiger partial charge in [0.15, 0.2) is 11.0 Å². The summed E-state index contributed by atoms with van der Waals surface area (Å²) < 4.78 is 40.8. The Balaban J connectivity index is 1.74. The number of aromatic nitrogens is 3. The molecule has 7 nitrogen and oxygen atoms in total. The fourth-order valence-electron chi connectivity index (χ4n) is 3.47. The van der Waals surface area contributed by atoms with Crippen molar-refractivity contribution in [2.45, 2.75) is 44.7 Å². The lowest BCUT2D eigenvalue weighted by molar-refractivity contribution is -0.137. The molecule has 0 saturated heterocycles. The van der Waals surface area contributed by atoms with Gasteiger partial charge in [0.1, 0.15) is 0 Å². The lowest BCUT2D eigenvalue weighted by Crippen LogP contribution is -2.34. The molecule has 0 bridgehead atoms. The molecule has 3 aromatic rings. The highest BCUT2D eigenvalue weighted by Crippen LogP contribution is 2.34. The molecular formula is C24H23Cl3F3N5O2S. The summed E-state index contributed by atoms with van der Waals surface area (Å²) in [6.45, 7) is 6.10. The Hall–Kier alpha value is -2.47. The zero-order valence-electron chi connectivity index (χ0n) is 20.4. The predicted molar refractivity (Wildman–Crippen MR) is 143 cm³/mol. The minimum absolute atomic E-state index is 0.0216. The van der Waals surface area contributed by atoms with Crippen molar-refractivity contribution >= 4 is 64.1 Å². The van der Waals surface area contributed by atoms with Crippen molar-refractivity contribution < 1.29 is 22.8 Å². The van der Waals surface area contributed by atoms with Crippen molar-refractivity contribution in [3.63, 3.8) is 0 Å². The Morgan fingerprint density at radius 1 is 1.05 bits per heavy atom. The molecule has 14 heteroatoms. The topological polar surface area (TPSA) is 88.9 Å². The molecule has 2 aromatic carbocycles. The molecule has 0 aliphatic heterocycles. The van der Waals surface area contributed by atoms with Gasteiger partial charge in [0.05, 0.1) is 38.7 Å². The molecule has 204 valence electrons. The summed E-state index contributed by atoms with van der Waals surface area (Å²) >= 11 is 19.1. The van der Waals surface area contributed by atoms with Gasteiger partial charge in [-0.2, -0.15) is 13.2 Å². The number of alkyl halides is 3. The molecule has 0 radical (unpaired) electrons. The summed E-state index contributed by atoms with van der Waals surface area (Å²) in [5.74, 6) is -0.755. The molecule has 38 heavy (non-hydrogen) atoms. The molecule has 2 amide bonds. The van der Waals surface area contributed by atoms with E-state index in [1.807, 2.05) is 20.8 Å². The van der Waals surface area contributed by atoms with Crippen molar-refractivity contribution in [2.24, 2.45) is 5.92 Å². The van der Waals surface area contributed by atoms with E-state index in [1.165, 1.54) is 12.1 Å². The van der Waals surface area contributed by atoms with Crippen molar-refractivity contribution in [3.8, 4) is 0 Å². The van der Waals surface area contributed by atoms with Gasteiger partial charge >= 0.3 is 6.18 Å². The van der Waals surface area contributed by atoms with Crippen molar-refractivity contribution in [2.75, 3.05) is 11.1 Å². The number of thioether (sulfide) groups is 1. The van der Waals surface area contributed by atoms with E-state index >= 15 is 0 Å². The highest BCUT2D eigenvalue weighted by Gasteiger charge is 2.31. The van der Waals surface area contributed by atoms with Crippen LogP contribution < -0.4 is 10.6 Å². The Labute approximate surface area is 236 Å². The highest BCUT2D eigenvalue weighted by molar-refractivity contribution is 7.99. The largest absolute Gasteiger partial charge is 0.416 e. The molecule has 0 fully saturated rings. The zero-order valence-corrected chi connectivity index (χ0v) is 23.5. The van der Waals surface area contributed by atoms with Crippen molar-refractivity contribution in [3.05, 3.63) is 68.4 Å². The molecule has 1 heterocycles. The lowest BCUT2D eigenvalue weighted by Gasteiger charge is -2.22. The minimum atomic E-state index is -4.58. The number of benzene rings is 2. The summed E-state index contributed by atoms with van der Waals surface area (Å²) in [6.07, 6.45) is -4.58. The number of halogens is 6. The van der Waals surface area contributed by atoms with Gasteiger partial charge in [0.2, 0.25) is 5.91 Å². The number of anilines is 1. The van der Waals surface area contributed by atoms with E-state index in [4.69, 9.17) is 34.8 Å². The smallest absolute Gasteiger partial charge is 0.342 e. The van der Waals surface area contributed by atoms with Crippen LogP contribution in [0, 0.1) is 5.92 Å². The number of carbonyl (C=O) groups excluding carboxylic acids is 2. The molecule has 0 saturated carbocycles. The first-order valence-electron chi connectivity index (χ1n) is 11.3. The molecule has 2 N–H and O–H groups in total. The minimum Gasteiger partial charge on any atom is -0.342 e. The number of hydrogen-bond donors (Lipinski definition) is 2. The van der Waals surface area contributed by atoms with Crippen LogP contribution in [0.15, 0.2) is 41.6 Å². The number of nitrogens with zero attached hydrogens (tertiary/aromatic N) is 3. The van der Waals surface area contributed by atoms with E-state index in [0.717, 1.165) is 30.0 Å². The average molecular weight is 609 g/mol. The van der Waals surface area contributed by atoms with Crippen LogP contribution >= 0.6 is 46.6 Å². The quantitative estimate of drug-likeness (QED) is 0.252. The average Bonchev–Trinajstić information content (AvgIpc) is 3.24.